The zero-order valence-electron chi connectivity index (χ0n) is 41.6. The van der Waals surface area contributed by atoms with Gasteiger partial charge in [-0.1, -0.05) is 34.1 Å². The molecule has 3 aromatic rings. The number of amides is 4. The third-order valence-electron chi connectivity index (χ3n) is 14.0. The molecule has 4 heterocycles. The van der Waals surface area contributed by atoms with E-state index in [1.54, 1.807) is 21.8 Å². The van der Waals surface area contributed by atoms with Crippen molar-refractivity contribution in [2.24, 2.45) is 23.2 Å². The molecule has 1 aromatic carbocycles. The Morgan fingerprint density at radius 2 is 1.65 bits per heavy atom. The van der Waals surface area contributed by atoms with Crippen molar-refractivity contribution >= 4 is 46.7 Å². The van der Waals surface area contributed by atoms with Crippen LogP contribution in [0.15, 0.2) is 36.5 Å². The molecule has 0 spiro atoms. The van der Waals surface area contributed by atoms with Crippen molar-refractivity contribution in [1.82, 2.24) is 40.1 Å². The number of piperazine rings is 1. The molecule has 0 bridgehead atoms. The summed E-state index contributed by atoms with van der Waals surface area (Å²) in [5, 5.41) is 24.6. The van der Waals surface area contributed by atoms with E-state index in [9.17, 15) is 29.1 Å². The number of aliphatic carboxylic acids is 1. The minimum Gasteiger partial charge on any atom is -0.492 e. The maximum Gasteiger partial charge on any atom is 0.410 e. The van der Waals surface area contributed by atoms with Gasteiger partial charge in [-0.25, -0.2) is 24.0 Å². The summed E-state index contributed by atoms with van der Waals surface area (Å²) in [6.07, 6.45) is 3.58. The Balaban J connectivity index is 1.03. The summed E-state index contributed by atoms with van der Waals surface area (Å²) in [6, 6.07) is 7.11. The Kier molecular flexibility index (Phi) is 14.0. The first-order valence-corrected chi connectivity index (χ1v) is 24.7. The fourth-order valence-corrected chi connectivity index (χ4v) is 10.1. The average molecular weight is 958 g/mol. The van der Waals surface area contributed by atoms with E-state index in [2.05, 4.69) is 20.9 Å². The molecule has 376 valence electrons. The number of anilines is 1. The summed E-state index contributed by atoms with van der Waals surface area (Å²) in [6.45, 7) is 20.5. The second-order valence-electron chi connectivity index (χ2n) is 22.0. The summed E-state index contributed by atoms with van der Waals surface area (Å²) < 4.78 is 26.1. The lowest BCUT2D eigenvalue weighted by Crippen LogP contribution is -2.59. The number of carbonyl (C=O) groups is 5. The lowest BCUT2D eigenvalue weighted by Gasteiger charge is -2.35. The third kappa shape index (κ3) is 11.6. The lowest BCUT2D eigenvalue weighted by atomic mass is 9.85. The van der Waals surface area contributed by atoms with Crippen LogP contribution in [-0.4, -0.2) is 152 Å². The van der Waals surface area contributed by atoms with Crippen molar-refractivity contribution in [3.63, 3.8) is 0 Å². The highest BCUT2D eigenvalue weighted by Crippen LogP contribution is 2.52. The molecule has 19 nitrogen and oxygen atoms in total. The number of fused-ring (bicyclic) bond motifs is 2. The van der Waals surface area contributed by atoms with Gasteiger partial charge in [0.25, 0.3) is 0 Å². The van der Waals surface area contributed by atoms with Gasteiger partial charge in [0.05, 0.1) is 12.1 Å². The van der Waals surface area contributed by atoms with Crippen LogP contribution in [0.3, 0.4) is 0 Å². The van der Waals surface area contributed by atoms with E-state index in [1.807, 2.05) is 86.6 Å². The molecule has 8 rings (SSSR count). The van der Waals surface area contributed by atoms with Gasteiger partial charge in [0.15, 0.2) is 5.82 Å². The second-order valence-corrected chi connectivity index (χ2v) is 22.0. The van der Waals surface area contributed by atoms with Crippen molar-refractivity contribution in [3.8, 4) is 17.3 Å². The molecule has 3 aliphatic carbocycles. The highest BCUT2D eigenvalue weighted by atomic mass is 16.6. The van der Waals surface area contributed by atoms with Crippen LogP contribution in [0.4, 0.5) is 15.4 Å². The van der Waals surface area contributed by atoms with Crippen molar-refractivity contribution in [3.05, 3.63) is 36.5 Å². The minimum atomic E-state index is -1.42. The Morgan fingerprint density at radius 3 is 2.29 bits per heavy atom. The lowest BCUT2D eigenvalue weighted by molar-refractivity contribution is -0.146. The molecule has 5 aliphatic rings. The van der Waals surface area contributed by atoms with Crippen molar-refractivity contribution < 1.29 is 48.0 Å². The predicted molar refractivity (Wildman–Crippen MR) is 256 cm³/mol. The minimum absolute atomic E-state index is 0.0277. The van der Waals surface area contributed by atoms with Crippen molar-refractivity contribution in [2.75, 3.05) is 51.2 Å². The molecule has 8 atom stereocenters. The van der Waals surface area contributed by atoms with Crippen LogP contribution in [0.25, 0.3) is 16.7 Å². The molecule has 19 heteroatoms. The number of likely N-dealkylation sites (tertiary alicyclic amines) is 1. The van der Waals surface area contributed by atoms with Crippen LogP contribution in [-0.2, 0) is 23.9 Å². The van der Waals surface area contributed by atoms with Crippen molar-refractivity contribution in [2.45, 2.75) is 142 Å². The molecule has 4 N–H and O–H groups in total. The number of carbonyl (C=O) groups excluding carboxylic acids is 4. The first kappa shape index (κ1) is 49.6. The summed E-state index contributed by atoms with van der Waals surface area (Å²) in [4.78, 5) is 78.2. The highest BCUT2D eigenvalue weighted by Gasteiger charge is 2.61. The normalized spacial score (nSPS) is 26.0. The topological polar surface area (TPSA) is 219 Å². The summed E-state index contributed by atoms with van der Waals surface area (Å²) in [5.41, 5.74) is -2.22. The molecule has 69 heavy (non-hydrogen) atoms. The molecule has 5 fully saturated rings. The van der Waals surface area contributed by atoms with Gasteiger partial charge < -0.3 is 49.8 Å². The second kappa shape index (κ2) is 19.5. The summed E-state index contributed by atoms with van der Waals surface area (Å²) >= 11 is 0. The van der Waals surface area contributed by atoms with Crippen LogP contribution >= 0.6 is 0 Å². The maximum atomic E-state index is 14.9. The van der Waals surface area contributed by atoms with Gasteiger partial charge in [0, 0.05) is 75.0 Å². The molecular formula is C50H71N9O10. The van der Waals surface area contributed by atoms with Crippen LogP contribution in [0.5, 0.6) is 11.5 Å². The number of nitrogens with one attached hydrogen (secondary N) is 3. The third-order valence-corrected chi connectivity index (χ3v) is 14.0. The van der Waals surface area contributed by atoms with Gasteiger partial charge in [-0.2, -0.15) is 0 Å². The number of aromatic nitrogens is 3. The zero-order chi connectivity index (χ0) is 49.6. The fraction of sp³-hybridized carbons (Fsp3) is 0.660. The number of hydrogen-bond donors (Lipinski definition) is 4. The average Bonchev–Trinajstić information content (AvgIpc) is 3.94. The Hall–Kier alpha value is -5.85. The van der Waals surface area contributed by atoms with E-state index in [0.29, 0.717) is 91.6 Å². The standard InChI is InChI=1S/C50H71N9O10/c1-10-32-27-50(32,45(62)63)54-43(60)38-25-35(28-58(38)44(61)42(48(4,5)6)53-46(64)68-34-22-30-21-31(30)23-34)67-39-26-41(59-14-13-40(55-59)51-29(2)3)52-37-24-33(11-12-36(37)39)66-20-19-56-15-17-57(18-16-56)47(65)69-49(7,8)9/h11-14,24,26,29-32,34-35,38,42H,10,15-23,25,27-28H2,1-9H3,(H,51,55)(H,53,64)(H,54,60)(H,62,63)/t30-,31+,32-,34?,35-,38+,42-,50-/m1/s1. The van der Waals surface area contributed by atoms with Crippen LogP contribution in [0.1, 0.15) is 101 Å². The molecule has 1 unspecified atom stereocenters. The van der Waals surface area contributed by atoms with E-state index < -0.39 is 58.6 Å². The van der Waals surface area contributed by atoms with E-state index in [-0.39, 0.29) is 43.5 Å². The quantitative estimate of drug-likeness (QED) is 0.133. The summed E-state index contributed by atoms with van der Waals surface area (Å²) in [5.74, 6) is 0.857. The van der Waals surface area contributed by atoms with E-state index >= 15 is 0 Å². The number of pyridine rings is 1. The predicted octanol–water partition coefficient (Wildman–Crippen LogP) is 5.83. The number of carboxylic acids is 1. The number of benzene rings is 1. The molecule has 2 saturated heterocycles. The molecular weight excluding hydrogens is 887 g/mol. The highest BCUT2D eigenvalue weighted by molar-refractivity contribution is 5.96. The maximum absolute atomic E-state index is 14.9. The molecule has 0 radical (unpaired) electrons. The Bertz CT molecular complexity index is 2390. The monoisotopic (exact) mass is 958 g/mol. The Labute approximate surface area is 404 Å². The first-order chi connectivity index (χ1) is 32.6. The molecule has 2 aromatic heterocycles. The Morgan fingerprint density at radius 1 is 0.928 bits per heavy atom. The van der Waals surface area contributed by atoms with Crippen molar-refractivity contribution in [1.29, 1.82) is 0 Å². The van der Waals surface area contributed by atoms with E-state index in [4.69, 9.17) is 29.0 Å². The molecule has 4 amide bonds. The van der Waals surface area contributed by atoms with Crippen LogP contribution in [0.2, 0.25) is 0 Å². The van der Waals surface area contributed by atoms with E-state index in [1.165, 1.54) is 11.3 Å². The SMILES string of the molecule is CC[C@@H]1C[C@]1(NC(=O)[C@@H]1C[C@@H](Oc2cc(-n3ccc(NC(C)C)n3)nc3cc(OCCN4CCN(C(=O)OC(C)(C)C)CC4)ccc23)CN1C(=O)[C@@H](NC(=O)OC1C[C@@H]2C[C@@H]2C1)C(C)(C)C)C(=O)O. The number of hydrogen-bond acceptors (Lipinski definition) is 13. The number of nitrogens with zero attached hydrogens (tertiary/aromatic N) is 6. The van der Waals surface area contributed by atoms with Gasteiger partial charge in [-0.05, 0) is 95.6 Å². The smallest absolute Gasteiger partial charge is 0.410 e. The number of rotatable bonds is 16. The van der Waals surface area contributed by atoms with E-state index in [0.717, 1.165) is 12.8 Å². The largest absolute Gasteiger partial charge is 0.492 e. The summed E-state index contributed by atoms with van der Waals surface area (Å²) in [7, 11) is 0. The number of alkyl carbamates (subject to hydrolysis) is 1. The van der Waals surface area contributed by atoms with Gasteiger partial charge in [-0.3, -0.25) is 14.5 Å². The molecule has 3 saturated carbocycles. The van der Waals surface area contributed by atoms with Crippen LogP contribution in [0, 0.1) is 23.2 Å². The first-order valence-electron chi connectivity index (χ1n) is 24.7. The van der Waals surface area contributed by atoms with Gasteiger partial charge in [0.2, 0.25) is 11.8 Å². The van der Waals surface area contributed by atoms with Gasteiger partial charge in [0.1, 0.15) is 59.4 Å². The van der Waals surface area contributed by atoms with Gasteiger partial charge in [-0.15, -0.1) is 5.10 Å². The fourth-order valence-electron chi connectivity index (χ4n) is 10.1. The van der Waals surface area contributed by atoms with Gasteiger partial charge >= 0.3 is 18.2 Å². The number of carboxylic acid groups (broad SMARTS) is 1. The molecule has 2 aliphatic heterocycles. The zero-order valence-corrected chi connectivity index (χ0v) is 41.6. The van der Waals surface area contributed by atoms with Crippen LogP contribution < -0.4 is 25.4 Å². The number of ether oxygens (including phenoxy) is 4.